The molecule has 0 bridgehead atoms. The molecule has 1 saturated carbocycles. The summed E-state index contributed by atoms with van der Waals surface area (Å²) in [6.45, 7) is 4.14. The molecule has 2 unspecified atom stereocenters. The molecule has 0 spiro atoms. The van der Waals surface area contributed by atoms with Gasteiger partial charge in [0.15, 0.2) is 0 Å². The van der Waals surface area contributed by atoms with Crippen LogP contribution in [0.1, 0.15) is 65.2 Å². The number of amides is 1. The predicted octanol–water partition coefficient (Wildman–Crippen LogP) is 2.59. The van der Waals surface area contributed by atoms with Gasteiger partial charge in [-0.2, -0.15) is 0 Å². The van der Waals surface area contributed by atoms with Crippen LogP contribution in [0.25, 0.3) is 0 Å². The molecule has 0 aromatic heterocycles. The van der Waals surface area contributed by atoms with Crippen molar-refractivity contribution in [3.63, 3.8) is 0 Å². The Morgan fingerprint density at radius 1 is 1.29 bits per heavy atom. The Labute approximate surface area is 106 Å². The van der Waals surface area contributed by atoms with Crippen molar-refractivity contribution in [3.05, 3.63) is 0 Å². The zero-order valence-electron chi connectivity index (χ0n) is 11.4. The maximum absolute atomic E-state index is 11.7. The third-order valence-electron chi connectivity index (χ3n) is 3.81. The Bertz CT molecular complexity index is 222. The van der Waals surface area contributed by atoms with E-state index >= 15 is 0 Å². The molecule has 3 N–H and O–H groups in total. The standard InChI is InChI=1S/C14H28N2O/c1-11(15)7-6-10-14(17)16-12(2)13-8-4-3-5-9-13/h11-13H,3-10,15H2,1-2H3,(H,16,17). The predicted molar refractivity (Wildman–Crippen MR) is 71.7 cm³/mol. The van der Waals surface area contributed by atoms with Crippen LogP contribution in [0.4, 0.5) is 0 Å². The van der Waals surface area contributed by atoms with E-state index in [0.29, 0.717) is 18.4 Å². The fraction of sp³-hybridized carbons (Fsp3) is 0.929. The average Bonchev–Trinajstić information content (AvgIpc) is 2.29. The van der Waals surface area contributed by atoms with Gasteiger partial charge in [-0.15, -0.1) is 0 Å². The van der Waals surface area contributed by atoms with Gasteiger partial charge in [0.25, 0.3) is 0 Å². The minimum atomic E-state index is 0.198. The van der Waals surface area contributed by atoms with E-state index in [-0.39, 0.29) is 11.9 Å². The van der Waals surface area contributed by atoms with Crippen LogP contribution in [0.5, 0.6) is 0 Å². The quantitative estimate of drug-likeness (QED) is 0.750. The Morgan fingerprint density at radius 2 is 1.94 bits per heavy atom. The van der Waals surface area contributed by atoms with E-state index in [0.717, 1.165) is 12.8 Å². The van der Waals surface area contributed by atoms with Crippen molar-refractivity contribution in [1.82, 2.24) is 5.32 Å². The molecule has 0 aromatic rings. The molecular weight excluding hydrogens is 212 g/mol. The monoisotopic (exact) mass is 240 g/mol. The zero-order valence-corrected chi connectivity index (χ0v) is 11.4. The van der Waals surface area contributed by atoms with Crippen LogP contribution in [-0.2, 0) is 4.79 Å². The van der Waals surface area contributed by atoms with E-state index in [4.69, 9.17) is 5.73 Å². The minimum Gasteiger partial charge on any atom is -0.353 e. The van der Waals surface area contributed by atoms with Gasteiger partial charge in [0, 0.05) is 18.5 Å². The van der Waals surface area contributed by atoms with E-state index in [2.05, 4.69) is 12.2 Å². The van der Waals surface area contributed by atoms with Crippen molar-refractivity contribution in [1.29, 1.82) is 0 Å². The fourth-order valence-corrected chi connectivity index (χ4v) is 2.66. The molecule has 17 heavy (non-hydrogen) atoms. The first kappa shape index (κ1) is 14.5. The summed E-state index contributed by atoms with van der Waals surface area (Å²) in [6.07, 6.45) is 9.05. The summed E-state index contributed by atoms with van der Waals surface area (Å²) < 4.78 is 0. The van der Waals surface area contributed by atoms with Crippen molar-refractivity contribution >= 4 is 5.91 Å². The Morgan fingerprint density at radius 3 is 2.53 bits per heavy atom. The lowest BCUT2D eigenvalue weighted by molar-refractivity contribution is -0.122. The van der Waals surface area contributed by atoms with E-state index in [1.807, 2.05) is 6.92 Å². The van der Waals surface area contributed by atoms with Gasteiger partial charge in [-0.25, -0.2) is 0 Å². The molecule has 3 heteroatoms. The van der Waals surface area contributed by atoms with Crippen LogP contribution in [0, 0.1) is 5.92 Å². The molecule has 0 heterocycles. The van der Waals surface area contributed by atoms with Crippen LogP contribution in [0.2, 0.25) is 0 Å². The zero-order chi connectivity index (χ0) is 12.7. The SMILES string of the molecule is CC(N)CCCC(=O)NC(C)C1CCCCC1. The lowest BCUT2D eigenvalue weighted by atomic mass is 9.84. The summed E-state index contributed by atoms with van der Waals surface area (Å²) in [6, 6.07) is 0.552. The number of carbonyl (C=O) groups excluding carboxylic acids is 1. The first-order valence-electron chi connectivity index (χ1n) is 7.14. The highest BCUT2D eigenvalue weighted by atomic mass is 16.1. The summed E-state index contributed by atoms with van der Waals surface area (Å²) >= 11 is 0. The van der Waals surface area contributed by atoms with Gasteiger partial charge in [0.1, 0.15) is 0 Å². The summed E-state index contributed by atoms with van der Waals surface area (Å²) in [5.41, 5.74) is 5.67. The van der Waals surface area contributed by atoms with Crippen LogP contribution >= 0.6 is 0 Å². The van der Waals surface area contributed by atoms with Crippen molar-refractivity contribution in [2.45, 2.75) is 77.3 Å². The van der Waals surface area contributed by atoms with Crippen LogP contribution in [-0.4, -0.2) is 18.0 Å². The molecule has 1 aliphatic rings. The molecule has 0 saturated heterocycles. The molecule has 100 valence electrons. The number of hydrogen-bond acceptors (Lipinski definition) is 2. The van der Waals surface area contributed by atoms with Crippen LogP contribution in [0.15, 0.2) is 0 Å². The highest BCUT2D eigenvalue weighted by molar-refractivity contribution is 5.76. The summed E-state index contributed by atoms with van der Waals surface area (Å²) in [4.78, 5) is 11.7. The van der Waals surface area contributed by atoms with Gasteiger partial charge >= 0.3 is 0 Å². The molecule has 1 aliphatic carbocycles. The van der Waals surface area contributed by atoms with Crippen molar-refractivity contribution < 1.29 is 4.79 Å². The fourth-order valence-electron chi connectivity index (χ4n) is 2.66. The Hall–Kier alpha value is -0.570. The molecule has 1 amide bonds. The lowest BCUT2D eigenvalue weighted by Gasteiger charge is -2.28. The molecule has 1 rings (SSSR count). The number of nitrogens with one attached hydrogen (secondary N) is 1. The van der Waals surface area contributed by atoms with Crippen molar-refractivity contribution in [2.75, 3.05) is 0 Å². The first-order valence-corrected chi connectivity index (χ1v) is 7.14. The maximum atomic E-state index is 11.7. The van der Waals surface area contributed by atoms with E-state index in [9.17, 15) is 4.79 Å². The van der Waals surface area contributed by atoms with Crippen LogP contribution < -0.4 is 11.1 Å². The molecule has 1 fully saturated rings. The van der Waals surface area contributed by atoms with Crippen molar-refractivity contribution in [3.8, 4) is 0 Å². The van der Waals surface area contributed by atoms with Gasteiger partial charge in [0.05, 0.1) is 0 Å². The number of nitrogens with two attached hydrogens (primary N) is 1. The number of carbonyl (C=O) groups is 1. The van der Waals surface area contributed by atoms with Gasteiger partial charge in [-0.3, -0.25) is 4.79 Å². The highest BCUT2D eigenvalue weighted by Gasteiger charge is 2.21. The maximum Gasteiger partial charge on any atom is 0.220 e. The molecule has 0 aliphatic heterocycles. The normalized spacial score (nSPS) is 20.9. The van der Waals surface area contributed by atoms with Crippen molar-refractivity contribution in [2.24, 2.45) is 11.7 Å². The van der Waals surface area contributed by atoms with E-state index < -0.39 is 0 Å². The second kappa shape index (κ2) is 7.70. The second-order valence-electron chi connectivity index (χ2n) is 5.62. The van der Waals surface area contributed by atoms with E-state index in [1.165, 1.54) is 32.1 Å². The summed E-state index contributed by atoms with van der Waals surface area (Å²) in [5.74, 6) is 0.893. The molecular formula is C14H28N2O. The second-order valence-corrected chi connectivity index (χ2v) is 5.62. The third kappa shape index (κ3) is 6.06. The average molecular weight is 240 g/mol. The first-order chi connectivity index (χ1) is 8.09. The van der Waals surface area contributed by atoms with Gasteiger partial charge in [-0.05, 0) is 45.4 Å². The lowest BCUT2D eigenvalue weighted by Crippen LogP contribution is -2.38. The Balaban J connectivity index is 2.15. The van der Waals surface area contributed by atoms with Gasteiger partial charge in [0.2, 0.25) is 5.91 Å². The molecule has 0 radical (unpaired) electrons. The summed E-state index contributed by atoms with van der Waals surface area (Å²) in [5, 5.41) is 3.14. The van der Waals surface area contributed by atoms with E-state index in [1.54, 1.807) is 0 Å². The molecule has 0 aromatic carbocycles. The largest absolute Gasteiger partial charge is 0.353 e. The third-order valence-corrected chi connectivity index (χ3v) is 3.81. The number of hydrogen-bond donors (Lipinski definition) is 2. The van der Waals surface area contributed by atoms with Gasteiger partial charge < -0.3 is 11.1 Å². The minimum absolute atomic E-state index is 0.198. The smallest absolute Gasteiger partial charge is 0.220 e. The Kier molecular flexibility index (Phi) is 6.56. The van der Waals surface area contributed by atoms with Crippen LogP contribution in [0.3, 0.4) is 0 Å². The molecule has 3 nitrogen and oxygen atoms in total. The summed E-state index contributed by atoms with van der Waals surface area (Å²) in [7, 11) is 0. The number of rotatable bonds is 6. The highest BCUT2D eigenvalue weighted by Crippen LogP contribution is 2.26. The van der Waals surface area contributed by atoms with Gasteiger partial charge in [-0.1, -0.05) is 19.3 Å². The topological polar surface area (TPSA) is 55.1 Å². The molecule has 2 atom stereocenters.